The minimum Gasteiger partial charge on any atom is -0.497 e. The van der Waals surface area contributed by atoms with Crippen LogP contribution in [0.15, 0.2) is 60.6 Å². The highest BCUT2D eigenvalue weighted by Crippen LogP contribution is 2.29. The number of nitro groups is 1. The second-order valence-corrected chi connectivity index (χ2v) is 8.34. The van der Waals surface area contributed by atoms with Crippen molar-refractivity contribution in [1.82, 2.24) is 9.88 Å². The van der Waals surface area contributed by atoms with E-state index in [2.05, 4.69) is 15.6 Å². The number of rotatable bonds is 7. The maximum absolute atomic E-state index is 12.7. The zero-order valence-electron chi connectivity index (χ0n) is 17.8. The molecule has 0 spiro atoms. The van der Waals surface area contributed by atoms with Crippen LogP contribution in [-0.4, -0.2) is 34.4 Å². The number of fused-ring (bicyclic) bond motifs is 1. The Kier molecular flexibility index (Phi) is 6.41. The minimum absolute atomic E-state index is 0.327. The van der Waals surface area contributed by atoms with E-state index in [4.69, 9.17) is 10.5 Å². The number of nitrogens with two attached hydrogens (primary N) is 1. The Morgan fingerprint density at radius 1 is 1.24 bits per heavy atom. The Labute approximate surface area is 193 Å². The molecular formula is C22H22N6O4S. The molecule has 0 unspecified atom stereocenters. The van der Waals surface area contributed by atoms with Gasteiger partial charge < -0.3 is 26.0 Å². The number of para-hydroxylation sites is 2. The lowest BCUT2D eigenvalue weighted by atomic mass is 10.2. The van der Waals surface area contributed by atoms with Crippen LogP contribution in [0, 0.1) is 10.1 Å². The van der Waals surface area contributed by atoms with Crippen LogP contribution < -0.4 is 21.1 Å². The highest BCUT2D eigenvalue weighted by atomic mass is 32.1. The summed E-state index contributed by atoms with van der Waals surface area (Å²) in [4.78, 5) is 30.7. The molecule has 0 aliphatic carbocycles. The first kappa shape index (κ1) is 22.1. The van der Waals surface area contributed by atoms with E-state index in [0.29, 0.717) is 53.2 Å². The number of nitrogen functional groups attached to an aromatic ring is 1. The van der Waals surface area contributed by atoms with Gasteiger partial charge in [0.2, 0.25) is 0 Å². The number of hydrogen-bond acceptors (Lipinski definition) is 9. The first-order valence-electron chi connectivity index (χ1n) is 10.1. The highest BCUT2D eigenvalue weighted by molar-refractivity contribution is 7.13. The number of amides is 1. The number of nitrogens with zero attached hydrogens (tertiary/aromatic N) is 3. The summed E-state index contributed by atoms with van der Waals surface area (Å²) in [7, 11) is 1.57. The van der Waals surface area contributed by atoms with Gasteiger partial charge in [-0.2, -0.15) is 0 Å². The fourth-order valence-corrected chi connectivity index (χ4v) is 4.42. The van der Waals surface area contributed by atoms with Gasteiger partial charge in [0.1, 0.15) is 5.75 Å². The van der Waals surface area contributed by atoms with E-state index in [-0.39, 0.29) is 5.91 Å². The summed E-state index contributed by atoms with van der Waals surface area (Å²) in [6, 6.07) is 14.1. The molecule has 10 nitrogen and oxygen atoms in total. The van der Waals surface area contributed by atoms with Gasteiger partial charge in [-0.3, -0.25) is 14.9 Å². The second-order valence-electron chi connectivity index (χ2n) is 7.26. The van der Waals surface area contributed by atoms with Gasteiger partial charge in [-0.15, -0.1) is 11.3 Å². The lowest BCUT2D eigenvalue weighted by Crippen LogP contribution is -2.33. The van der Waals surface area contributed by atoms with E-state index >= 15 is 0 Å². The number of aromatic nitrogens is 1. The number of anilines is 3. The molecule has 0 fully saturated rings. The molecule has 0 radical (unpaired) electrons. The van der Waals surface area contributed by atoms with Gasteiger partial charge in [0.25, 0.3) is 12.1 Å². The van der Waals surface area contributed by atoms with E-state index in [1.54, 1.807) is 55.6 Å². The van der Waals surface area contributed by atoms with E-state index in [1.807, 2.05) is 4.90 Å². The summed E-state index contributed by atoms with van der Waals surface area (Å²) in [6.45, 7) is 0.919. The molecule has 0 atom stereocenters. The molecule has 170 valence electrons. The van der Waals surface area contributed by atoms with Crippen molar-refractivity contribution in [3.8, 4) is 5.75 Å². The SMILES string of the molecule is COc1ccc(NC(=C[N+](=O)[O-])N2CCc3nc(C(=O)Nc4ccccc4N)sc3C2)cc1. The molecule has 2 heterocycles. The maximum Gasteiger partial charge on any atom is 0.284 e. The van der Waals surface area contributed by atoms with Gasteiger partial charge in [0.05, 0.1) is 35.6 Å². The smallest absolute Gasteiger partial charge is 0.284 e. The number of nitrogens with one attached hydrogen (secondary N) is 2. The predicted octanol–water partition coefficient (Wildman–Crippen LogP) is 3.53. The molecule has 2 aromatic carbocycles. The van der Waals surface area contributed by atoms with Crippen LogP contribution >= 0.6 is 11.3 Å². The van der Waals surface area contributed by atoms with Crippen LogP contribution in [0.4, 0.5) is 17.1 Å². The van der Waals surface area contributed by atoms with E-state index in [1.165, 1.54) is 11.3 Å². The molecule has 33 heavy (non-hydrogen) atoms. The number of hydrogen-bond donors (Lipinski definition) is 3. The number of carbonyl (C=O) groups is 1. The Morgan fingerprint density at radius 3 is 2.70 bits per heavy atom. The Balaban J connectivity index is 1.50. The zero-order valence-corrected chi connectivity index (χ0v) is 18.6. The average Bonchev–Trinajstić information content (AvgIpc) is 3.24. The normalized spacial score (nSPS) is 13.2. The summed E-state index contributed by atoms with van der Waals surface area (Å²) < 4.78 is 5.15. The van der Waals surface area contributed by atoms with Crippen LogP contribution in [0.25, 0.3) is 0 Å². The van der Waals surface area contributed by atoms with Crippen LogP contribution in [0.2, 0.25) is 0 Å². The largest absolute Gasteiger partial charge is 0.497 e. The molecule has 0 bridgehead atoms. The van der Waals surface area contributed by atoms with Gasteiger partial charge in [-0.1, -0.05) is 12.1 Å². The molecule has 3 aromatic rings. The highest BCUT2D eigenvalue weighted by Gasteiger charge is 2.26. The van der Waals surface area contributed by atoms with Gasteiger partial charge in [-0.25, -0.2) is 4.98 Å². The summed E-state index contributed by atoms with van der Waals surface area (Å²) in [5.74, 6) is 0.708. The van der Waals surface area contributed by atoms with Crippen molar-refractivity contribution in [2.75, 3.05) is 30.0 Å². The van der Waals surface area contributed by atoms with Crippen LogP contribution in [0.1, 0.15) is 20.4 Å². The molecule has 1 amide bonds. The third-order valence-electron chi connectivity index (χ3n) is 5.07. The molecule has 11 heteroatoms. The fourth-order valence-electron chi connectivity index (χ4n) is 3.40. The molecule has 1 aliphatic heterocycles. The van der Waals surface area contributed by atoms with Crippen LogP contribution in [0.3, 0.4) is 0 Å². The molecule has 4 rings (SSSR count). The number of benzene rings is 2. The predicted molar refractivity (Wildman–Crippen MR) is 127 cm³/mol. The van der Waals surface area contributed by atoms with E-state index in [0.717, 1.165) is 16.8 Å². The molecule has 1 aromatic heterocycles. The lowest BCUT2D eigenvalue weighted by Gasteiger charge is -2.29. The van der Waals surface area contributed by atoms with Crippen molar-refractivity contribution >= 4 is 34.3 Å². The number of methoxy groups -OCH3 is 1. The van der Waals surface area contributed by atoms with Crippen molar-refractivity contribution < 1.29 is 14.5 Å². The first-order valence-corrected chi connectivity index (χ1v) is 10.9. The van der Waals surface area contributed by atoms with Gasteiger partial charge in [-0.05, 0) is 36.4 Å². The van der Waals surface area contributed by atoms with Gasteiger partial charge in [0, 0.05) is 23.5 Å². The summed E-state index contributed by atoms with van der Waals surface area (Å²) in [6.07, 6.45) is 1.51. The maximum atomic E-state index is 12.7. The quantitative estimate of drug-likeness (QED) is 0.273. The van der Waals surface area contributed by atoms with Gasteiger partial charge in [0.15, 0.2) is 10.8 Å². The van der Waals surface area contributed by atoms with E-state index < -0.39 is 4.92 Å². The van der Waals surface area contributed by atoms with Crippen molar-refractivity contribution in [2.45, 2.75) is 13.0 Å². The third-order valence-corrected chi connectivity index (χ3v) is 6.15. The third kappa shape index (κ3) is 5.21. The van der Waals surface area contributed by atoms with Crippen molar-refractivity contribution in [3.63, 3.8) is 0 Å². The average molecular weight is 467 g/mol. The number of thiazole rings is 1. The summed E-state index contributed by atoms with van der Waals surface area (Å²) in [5.41, 5.74) is 8.42. The first-order chi connectivity index (χ1) is 15.9. The molecular weight excluding hydrogens is 444 g/mol. The minimum atomic E-state index is -0.489. The Morgan fingerprint density at radius 2 is 2.00 bits per heavy atom. The van der Waals surface area contributed by atoms with Crippen molar-refractivity contribution in [2.24, 2.45) is 0 Å². The molecule has 1 aliphatic rings. The Bertz CT molecular complexity index is 1210. The molecule has 0 saturated heterocycles. The van der Waals surface area contributed by atoms with E-state index in [9.17, 15) is 14.9 Å². The number of carbonyl (C=O) groups excluding carboxylic acids is 1. The Hall–Kier alpha value is -4.12. The summed E-state index contributed by atoms with van der Waals surface area (Å²) >= 11 is 1.27. The molecule has 0 saturated carbocycles. The van der Waals surface area contributed by atoms with Gasteiger partial charge >= 0.3 is 0 Å². The summed E-state index contributed by atoms with van der Waals surface area (Å²) in [5, 5.41) is 17.5. The monoisotopic (exact) mass is 466 g/mol. The topological polar surface area (TPSA) is 136 Å². The fraction of sp³-hybridized carbons (Fsp3) is 0.182. The second kappa shape index (κ2) is 9.57. The zero-order chi connectivity index (χ0) is 23.4. The van der Waals surface area contributed by atoms with Crippen molar-refractivity contribution in [3.05, 3.63) is 86.2 Å². The van der Waals surface area contributed by atoms with Crippen molar-refractivity contribution in [1.29, 1.82) is 0 Å². The number of ether oxygens (including phenoxy) is 1. The van der Waals surface area contributed by atoms with Crippen LogP contribution in [-0.2, 0) is 13.0 Å². The lowest BCUT2D eigenvalue weighted by molar-refractivity contribution is -0.404. The molecule has 4 N–H and O–H groups in total. The van der Waals surface area contributed by atoms with Crippen LogP contribution in [0.5, 0.6) is 5.75 Å². The standard InChI is InChI=1S/C22H22N6O4S/c1-32-15-8-6-14(7-9-15)24-20(13-28(30)31)27-11-10-18-19(12-27)33-22(26-18)21(29)25-17-5-3-2-4-16(17)23/h2-9,13,24H,10-12,23H2,1H3,(H,25,29).